The molecule has 11 heavy (non-hydrogen) atoms. The van der Waals surface area contributed by atoms with Gasteiger partial charge in [0.1, 0.15) is 0 Å². The Morgan fingerprint density at radius 2 is 1.73 bits per heavy atom. The summed E-state index contributed by atoms with van der Waals surface area (Å²) in [6, 6.07) is 0. The Hall–Kier alpha value is -0.480. The summed E-state index contributed by atoms with van der Waals surface area (Å²) < 4.78 is 0. The average Bonchev–Trinajstić information content (AvgIpc) is 2.07. The van der Waals surface area contributed by atoms with Crippen LogP contribution in [0.1, 0.15) is 32.1 Å². The molecule has 0 saturated heterocycles. The lowest BCUT2D eigenvalue weighted by Crippen LogP contribution is -2.16. The average molecular weight is 152 g/mol. The van der Waals surface area contributed by atoms with Crippen molar-refractivity contribution >= 4 is 0 Å². The molecular weight excluding hydrogens is 136 g/mol. The molecule has 1 fully saturated rings. The summed E-state index contributed by atoms with van der Waals surface area (Å²) in [7, 11) is 0. The third-order valence-electron chi connectivity index (χ3n) is 2.63. The van der Waals surface area contributed by atoms with E-state index in [1.807, 2.05) is 0 Å². The number of aliphatic hydroxyl groups excluding tert-OH is 1. The molecule has 1 aliphatic rings. The summed E-state index contributed by atoms with van der Waals surface area (Å²) >= 11 is 0. The molecule has 0 aromatic rings. The third kappa shape index (κ3) is 2.55. The molecule has 0 amide bonds. The minimum absolute atomic E-state index is 0.364. The summed E-state index contributed by atoms with van der Waals surface area (Å²) in [6.07, 6.45) is 10.9. The van der Waals surface area contributed by atoms with Gasteiger partial charge < -0.3 is 5.11 Å². The molecule has 1 N–H and O–H groups in total. The fourth-order valence-electron chi connectivity index (χ4n) is 1.78. The van der Waals surface area contributed by atoms with Crippen LogP contribution < -0.4 is 0 Å². The zero-order valence-electron chi connectivity index (χ0n) is 6.92. The van der Waals surface area contributed by atoms with Crippen molar-refractivity contribution in [3.05, 3.63) is 0 Å². The molecule has 0 atom stereocenters. The van der Waals surface area contributed by atoms with Crippen molar-refractivity contribution < 1.29 is 5.11 Å². The van der Waals surface area contributed by atoms with Gasteiger partial charge in [-0.2, -0.15) is 0 Å². The summed E-state index contributed by atoms with van der Waals surface area (Å²) in [5.41, 5.74) is 0. The lowest BCUT2D eigenvalue weighted by Gasteiger charge is -2.25. The first kappa shape index (κ1) is 8.62. The Bertz CT molecular complexity index is 137. The van der Waals surface area contributed by atoms with E-state index in [4.69, 9.17) is 11.5 Å². The van der Waals surface area contributed by atoms with E-state index in [9.17, 15) is 0 Å². The molecule has 1 heteroatoms. The van der Waals surface area contributed by atoms with Gasteiger partial charge in [0.25, 0.3) is 0 Å². The lowest BCUT2D eigenvalue weighted by molar-refractivity contribution is 0.168. The first-order valence-corrected chi connectivity index (χ1v) is 4.41. The normalized spacial score (nSPS) is 31.3. The number of aliphatic hydroxyl groups is 1. The Labute approximate surface area is 68.8 Å². The molecule has 0 bridgehead atoms. The SMILES string of the molecule is C#CC[C@H]1CC[C@H](CO)CC1. The van der Waals surface area contributed by atoms with Crippen LogP contribution >= 0.6 is 0 Å². The lowest BCUT2D eigenvalue weighted by atomic mass is 9.81. The van der Waals surface area contributed by atoms with Gasteiger partial charge in [-0.15, -0.1) is 12.3 Å². The summed E-state index contributed by atoms with van der Waals surface area (Å²) in [6.45, 7) is 0.364. The van der Waals surface area contributed by atoms with Crippen LogP contribution in [0.15, 0.2) is 0 Å². The van der Waals surface area contributed by atoms with Crippen molar-refractivity contribution in [2.45, 2.75) is 32.1 Å². The van der Waals surface area contributed by atoms with Gasteiger partial charge in [0.05, 0.1) is 0 Å². The first-order valence-electron chi connectivity index (χ1n) is 4.41. The second-order valence-electron chi connectivity index (χ2n) is 3.48. The van der Waals surface area contributed by atoms with Crippen molar-refractivity contribution in [2.24, 2.45) is 11.8 Å². The van der Waals surface area contributed by atoms with Crippen LogP contribution in [0.5, 0.6) is 0 Å². The van der Waals surface area contributed by atoms with E-state index in [1.54, 1.807) is 0 Å². The molecule has 0 aromatic heterocycles. The summed E-state index contributed by atoms with van der Waals surface area (Å²) in [5.74, 6) is 4.01. The van der Waals surface area contributed by atoms with Gasteiger partial charge in [0.15, 0.2) is 0 Å². The van der Waals surface area contributed by atoms with E-state index in [1.165, 1.54) is 25.7 Å². The molecular formula is C10H16O. The Kier molecular flexibility index (Phi) is 3.45. The van der Waals surface area contributed by atoms with Gasteiger partial charge in [-0.05, 0) is 37.5 Å². The molecule has 0 aliphatic heterocycles. The van der Waals surface area contributed by atoms with E-state index in [2.05, 4.69) is 5.92 Å². The molecule has 1 saturated carbocycles. The van der Waals surface area contributed by atoms with E-state index in [0.29, 0.717) is 12.5 Å². The predicted molar refractivity (Wildman–Crippen MR) is 46.0 cm³/mol. The van der Waals surface area contributed by atoms with E-state index in [0.717, 1.165) is 12.3 Å². The summed E-state index contributed by atoms with van der Waals surface area (Å²) in [4.78, 5) is 0. The van der Waals surface area contributed by atoms with Gasteiger partial charge in [-0.1, -0.05) is 0 Å². The molecule has 0 heterocycles. The highest BCUT2D eigenvalue weighted by atomic mass is 16.3. The smallest absolute Gasteiger partial charge is 0.0459 e. The van der Waals surface area contributed by atoms with Crippen LogP contribution in [0, 0.1) is 24.2 Å². The zero-order chi connectivity index (χ0) is 8.10. The monoisotopic (exact) mass is 152 g/mol. The molecule has 0 unspecified atom stereocenters. The van der Waals surface area contributed by atoms with Crippen LogP contribution in [0.3, 0.4) is 0 Å². The van der Waals surface area contributed by atoms with Crippen molar-refractivity contribution in [3.63, 3.8) is 0 Å². The van der Waals surface area contributed by atoms with E-state index in [-0.39, 0.29) is 0 Å². The fraction of sp³-hybridized carbons (Fsp3) is 0.800. The minimum Gasteiger partial charge on any atom is -0.396 e. The van der Waals surface area contributed by atoms with Crippen LogP contribution in [-0.2, 0) is 0 Å². The van der Waals surface area contributed by atoms with Gasteiger partial charge >= 0.3 is 0 Å². The van der Waals surface area contributed by atoms with Crippen LogP contribution in [0.4, 0.5) is 0 Å². The predicted octanol–water partition coefficient (Wildman–Crippen LogP) is 1.81. The quantitative estimate of drug-likeness (QED) is 0.598. The van der Waals surface area contributed by atoms with Crippen molar-refractivity contribution in [1.82, 2.24) is 0 Å². The van der Waals surface area contributed by atoms with Gasteiger partial charge in [0, 0.05) is 13.0 Å². The number of hydrogen-bond donors (Lipinski definition) is 1. The maximum absolute atomic E-state index is 8.87. The van der Waals surface area contributed by atoms with E-state index >= 15 is 0 Å². The largest absolute Gasteiger partial charge is 0.396 e. The van der Waals surface area contributed by atoms with Crippen LogP contribution in [0.25, 0.3) is 0 Å². The van der Waals surface area contributed by atoms with Gasteiger partial charge in [-0.3, -0.25) is 0 Å². The van der Waals surface area contributed by atoms with Crippen molar-refractivity contribution in [1.29, 1.82) is 0 Å². The standard InChI is InChI=1S/C10H16O/c1-2-3-9-4-6-10(8-11)7-5-9/h1,9-11H,3-8H2/t9-,10-. The van der Waals surface area contributed by atoms with Crippen LogP contribution in [-0.4, -0.2) is 11.7 Å². The Morgan fingerprint density at radius 1 is 1.18 bits per heavy atom. The van der Waals surface area contributed by atoms with Gasteiger partial charge in [-0.25, -0.2) is 0 Å². The summed E-state index contributed by atoms with van der Waals surface area (Å²) in [5, 5.41) is 8.87. The zero-order valence-corrected chi connectivity index (χ0v) is 6.92. The Balaban J connectivity index is 2.20. The third-order valence-corrected chi connectivity index (χ3v) is 2.63. The minimum atomic E-state index is 0.364. The molecule has 1 aliphatic carbocycles. The second-order valence-corrected chi connectivity index (χ2v) is 3.48. The first-order chi connectivity index (χ1) is 5.36. The molecule has 1 nitrogen and oxygen atoms in total. The van der Waals surface area contributed by atoms with E-state index < -0.39 is 0 Å². The van der Waals surface area contributed by atoms with Gasteiger partial charge in [0.2, 0.25) is 0 Å². The maximum atomic E-state index is 8.87. The molecule has 0 radical (unpaired) electrons. The highest BCUT2D eigenvalue weighted by Gasteiger charge is 2.19. The molecule has 62 valence electrons. The second kappa shape index (κ2) is 4.41. The number of hydrogen-bond acceptors (Lipinski definition) is 1. The maximum Gasteiger partial charge on any atom is 0.0459 e. The molecule has 1 rings (SSSR count). The molecule has 0 aromatic carbocycles. The number of rotatable bonds is 2. The topological polar surface area (TPSA) is 20.2 Å². The highest BCUT2D eigenvalue weighted by Crippen LogP contribution is 2.29. The fourth-order valence-corrected chi connectivity index (χ4v) is 1.78. The number of terminal acetylenes is 1. The van der Waals surface area contributed by atoms with Crippen molar-refractivity contribution in [2.75, 3.05) is 6.61 Å². The highest BCUT2D eigenvalue weighted by molar-refractivity contribution is 4.88. The van der Waals surface area contributed by atoms with Crippen LogP contribution in [0.2, 0.25) is 0 Å². The Morgan fingerprint density at radius 3 is 2.18 bits per heavy atom. The van der Waals surface area contributed by atoms with Crippen molar-refractivity contribution in [3.8, 4) is 12.3 Å². The molecule has 0 spiro atoms.